The van der Waals surface area contributed by atoms with Crippen LogP contribution in [0, 0.1) is 0 Å². The molecule has 1 aromatic heterocycles. The van der Waals surface area contributed by atoms with Crippen LogP contribution in [-0.2, 0) is 4.74 Å². The average Bonchev–Trinajstić information content (AvgIpc) is 2.74. The van der Waals surface area contributed by atoms with Gasteiger partial charge in [0.15, 0.2) is 11.6 Å². The van der Waals surface area contributed by atoms with E-state index in [4.69, 9.17) is 9.47 Å². The van der Waals surface area contributed by atoms with Crippen LogP contribution in [0.5, 0.6) is 5.75 Å². The Morgan fingerprint density at radius 2 is 1.64 bits per heavy atom. The maximum Gasteiger partial charge on any atom is 0.337 e. The van der Waals surface area contributed by atoms with E-state index in [2.05, 4.69) is 20.8 Å². The average molecular weight is 378 g/mol. The summed E-state index contributed by atoms with van der Waals surface area (Å²) in [5.41, 5.74) is 1.47. The predicted octanol–water partition coefficient (Wildman–Crippen LogP) is 3.27. The number of para-hydroxylation sites is 1. The van der Waals surface area contributed by atoms with E-state index < -0.39 is 5.97 Å². The number of carbonyl (C=O) groups excluding carboxylic acids is 2. The van der Waals surface area contributed by atoms with E-state index >= 15 is 0 Å². The summed E-state index contributed by atoms with van der Waals surface area (Å²) in [6, 6.07) is 17.0. The lowest BCUT2D eigenvalue weighted by molar-refractivity contribution is 0.0600. The summed E-state index contributed by atoms with van der Waals surface area (Å²) in [7, 11) is 2.83. The summed E-state index contributed by atoms with van der Waals surface area (Å²) in [5, 5.41) is 13.7. The third-order valence-corrected chi connectivity index (χ3v) is 3.81. The number of esters is 1. The van der Waals surface area contributed by atoms with Gasteiger partial charge in [0.2, 0.25) is 0 Å². The minimum absolute atomic E-state index is 0.296. The summed E-state index contributed by atoms with van der Waals surface area (Å²) >= 11 is 0. The molecule has 28 heavy (non-hydrogen) atoms. The number of carbonyl (C=O) groups is 2. The van der Waals surface area contributed by atoms with Crippen molar-refractivity contribution in [2.45, 2.75) is 0 Å². The number of anilines is 3. The van der Waals surface area contributed by atoms with Crippen LogP contribution >= 0.6 is 0 Å². The fourth-order valence-corrected chi connectivity index (χ4v) is 2.47. The van der Waals surface area contributed by atoms with Gasteiger partial charge in [-0.3, -0.25) is 4.79 Å². The number of hydrogen-bond acceptors (Lipinski definition) is 7. The highest BCUT2D eigenvalue weighted by Gasteiger charge is 2.12. The van der Waals surface area contributed by atoms with E-state index in [1.165, 1.54) is 14.2 Å². The first-order valence-corrected chi connectivity index (χ1v) is 8.34. The standard InChI is InChI=1S/C20H18N4O4/c1-27-16-9-4-3-8-15(16)19(25)22-18-11-10-17(23-24-18)21-14-7-5-6-13(12-14)20(26)28-2/h3-12H,1-2H3,(H,21,23)(H,22,24,25). The zero-order valence-electron chi connectivity index (χ0n) is 15.3. The highest BCUT2D eigenvalue weighted by molar-refractivity contribution is 6.05. The van der Waals surface area contributed by atoms with Crippen LogP contribution in [0.25, 0.3) is 0 Å². The third kappa shape index (κ3) is 4.42. The summed E-state index contributed by atoms with van der Waals surface area (Å²) in [5.74, 6) is 0.446. The Hall–Kier alpha value is -3.94. The molecule has 2 N–H and O–H groups in total. The molecule has 142 valence electrons. The molecule has 1 heterocycles. The highest BCUT2D eigenvalue weighted by atomic mass is 16.5. The third-order valence-electron chi connectivity index (χ3n) is 3.81. The number of nitrogens with zero attached hydrogens (tertiary/aromatic N) is 2. The molecule has 0 unspecified atom stereocenters. The number of benzene rings is 2. The van der Waals surface area contributed by atoms with Crippen LogP contribution in [0.1, 0.15) is 20.7 Å². The van der Waals surface area contributed by atoms with Gasteiger partial charge in [-0.05, 0) is 42.5 Å². The van der Waals surface area contributed by atoms with Crippen molar-refractivity contribution in [2.24, 2.45) is 0 Å². The van der Waals surface area contributed by atoms with Gasteiger partial charge in [0.05, 0.1) is 25.3 Å². The van der Waals surface area contributed by atoms with E-state index in [9.17, 15) is 9.59 Å². The normalized spacial score (nSPS) is 10.1. The van der Waals surface area contributed by atoms with Gasteiger partial charge in [0.25, 0.3) is 5.91 Å². The fourth-order valence-electron chi connectivity index (χ4n) is 2.47. The van der Waals surface area contributed by atoms with Crippen LogP contribution in [0.15, 0.2) is 60.7 Å². The monoisotopic (exact) mass is 378 g/mol. The van der Waals surface area contributed by atoms with Crippen LogP contribution in [-0.4, -0.2) is 36.3 Å². The molecule has 0 saturated carbocycles. The van der Waals surface area contributed by atoms with Crippen molar-refractivity contribution in [3.63, 3.8) is 0 Å². The first-order chi connectivity index (χ1) is 13.6. The molecular formula is C20H18N4O4. The molecule has 0 fully saturated rings. The quantitative estimate of drug-likeness (QED) is 0.635. The van der Waals surface area contributed by atoms with Gasteiger partial charge in [-0.25, -0.2) is 4.79 Å². The number of hydrogen-bond donors (Lipinski definition) is 2. The molecule has 8 heteroatoms. The SMILES string of the molecule is COC(=O)c1cccc(Nc2ccc(NC(=O)c3ccccc3OC)nn2)c1. The van der Waals surface area contributed by atoms with Crippen molar-refractivity contribution < 1.29 is 19.1 Å². The molecular weight excluding hydrogens is 360 g/mol. The topological polar surface area (TPSA) is 102 Å². The number of ether oxygens (including phenoxy) is 2. The molecule has 0 bridgehead atoms. The maximum atomic E-state index is 12.4. The number of aromatic nitrogens is 2. The largest absolute Gasteiger partial charge is 0.496 e. The first-order valence-electron chi connectivity index (χ1n) is 8.34. The Labute approximate surface area is 161 Å². The molecule has 3 rings (SSSR count). The molecule has 8 nitrogen and oxygen atoms in total. The fraction of sp³-hybridized carbons (Fsp3) is 0.100. The second-order valence-corrected chi connectivity index (χ2v) is 5.66. The molecule has 0 radical (unpaired) electrons. The Balaban J connectivity index is 1.68. The molecule has 0 aliphatic heterocycles. The number of methoxy groups -OCH3 is 2. The van der Waals surface area contributed by atoms with E-state index in [-0.39, 0.29) is 5.91 Å². The lowest BCUT2D eigenvalue weighted by Crippen LogP contribution is -2.14. The Morgan fingerprint density at radius 3 is 2.36 bits per heavy atom. The second-order valence-electron chi connectivity index (χ2n) is 5.66. The van der Waals surface area contributed by atoms with E-state index in [1.807, 2.05) is 0 Å². The molecule has 0 atom stereocenters. The lowest BCUT2D eigenvalue weighted by Gasteiger charge is -2.09. The Morgan fingerprint density at radius 1 is 0.893 bits per heavy atom. The van der Waals surface area contributed by atoms with Gasteiger partial charge < -0.3 is 20.1 Å². The zero-order valence-corrected chi connectivity index (χ0v) is 15.3. The molecule has 0 aliphatic carbocycles. The van der Waals surface area contributed by atoms with Crippen molar-refractivity contribution >= 4 is 29.2 Å². The number of amides is 1. The summed E-state index contributed by atoms with van der Waals surface area (Å²) in [6.45, 7) is 0. The molecule has 1 amide bonds. The van der Waals surface area contributed by atoms with Crippen molar-refractivity contribution in [3.8, 4) is 5.75 Å². The van der Waals surface area contributed by atoms with Crippen LogP contribution in [0.4, 0.5) is 17.3 Å². The molecule has 2 aromatic carbocycles. The number of nitrogens with one attached hydrogen (secondary N) is 2. The van der Waals surface area contributed by atoms with Crippen LogP contribution in [0.2, 0.25) is 0 Å². The van der Waals surface area contributed by atoms with Gasteiger partial charge in [-0.2, -0.15) is 0 Å². The van der Waals surface area contributed by atoms with Gasteiger partial charge in [-0.1, -0.05) is 18.2 Å². The van der Waals surface area contributed by atoms with Crippen molar-refractivity contribution in [1.82, 2.24) is 10.2 Å². The van der Waals surface area contributed by atoms with Crippen molar-refractivity contribution in [1.29, 1.82) is 0 Å². The minimum atomic E-state index is -0.427. The second kappa shape index (κ2) is 8.63. The van der Waals surface area contributed by atoms with Crippen molar-refractivity contribution in [3.05, 3.63) is 71.8 Å². The van der Waals surface area contributed by atoms with Crippen LogP contribution < -0.4 is 15.4 Å². The zero-order chi connectivity index (χ0) is 19.9. The minimum Gasteiger partial charge on any atom is -0.496 e. The number of rotatable bonds is 6. The highest BCUT2D eigenvalue weighted by Crippen LogP contribution is 2.20. The van der Waals surface area contributed by atoms with E-state index in [1.54, 1.807) is 60.7 Å². The van der Waals surface area contributed by atoms with E-state index in [0.29, 0.717) is 34.2 Å². The van der Waals surface area contributed by atoms with Gasteiger partial charge in [0, 0.05) is 5.69 Å². The molecule has 3 aromatic rings. The van der Waals surface area contributed by atoms with Gasteiger partial charge >= 0.3 is 5.97 Å². The summed E-state index contributed by atoms with van der Waals surface area (Å²) in [4.78, 5) is 24.0. The molecule has 0 aliphatic rings. The summed E-state index contributed by atoms with van der Waals surface area (Å²) in [6.07, 6.45) is 0. The smallest absolute Gasteiger partial charge is 0.337 e. The lowest BCUT2D eigenvalue weighted by atomic mass is 10.2. The maximum absolute atomic E-state index is 12.4. The van der Waals surface area contributed by atoms with Gasteiger partial charge in [0.1, 0.15) is 5.75 Å². The van der Waals surface area contributed by atoms with E-state index in [0.717, 1.165) is 0 Å². The van der Waals surface area contributed by atoms with Crippen molar-refractivity contribution in [2.75, 3.05) is 24.9 Å². The molecule has 0 spiro atoms. The molecule has 0 saturated heterocycles. The Bertz CT molecular complexity index is 990. The first kappa shape index (κ1) is 18.8. The van der Waals surface area contributed by atoms with Crippen LogP contribution in [0.3, 0.4) is 0 Å². The van der Waals surface area contributed by atoms with Gasteiger partial charge in [-0.15, -0.1) is 10.2 Å². The summed E-state index contributed by atoms with van der Waals surface area (Å²) < 4.78 is 9.89. The predicted molar refractivity (Wildman–Crippen MR) is 104 cm³/mol. The Kier molecular flexibility index (Phi) is 5.81.